The number of nitrogens with zero attached hydrogens (tertiary/aromatic N) is 1. The van der Waals surface area contributed by atoms with Crippen LogP contribution in [0.3, 0.4) is 0 Å². The quantitative estimate of drug-likeness (QED) is 0.820. The first-order valence-corrected chi connectivity index (χ1v) is 9.82. The van der Waals surface area contributed by atoms with Crippen LogP contribution >= 0.6 is 11.8 Å². The van der Waals surface area contributed by atoms with Gasteiger partial charge in [0.15, 0.2) is 0 Å². The lowest BCUT2D eigenvalue weighted by atomic mass is 9.92. The Kier molecular flexibility index (Phi) is 6.72. The van der Waals surface area contributed by atoms with Crippen molar-refractivity contribution in [1.82, 2.24) is 10.2 Å². The molecule has 2 unspecified atom stereocenters. The van der Waals surface area contributed by atoms with Gasteiger partial charge in [0.1, 0.15) is 6.54 Å². The minimum absolute atomic E-state index is 0.0335. The molecule has 1 N–H and O–H groups in total. The van der Waals surface area contributed by atoms with Crippen molar-refractivity contribution in [2.75, 3.05) is 18.2 Å². The van der Waals surface area contributed by atoms with E-state index in [2.05, 4.69) is 57.3 Å². The fourth-order valence-electron chi connectivity index (χ4n) is 2.84. The van der Waals surface area contributed by atoms with Gasteiger partial charge in [-0.25, -0.2) is 0 Å². The minimum atomic E-state index is -0.0875. The Morgan fingerprint density at radius 2 is 1.83 bits per heavy atom. The van der Waals surface area contributed by atoms with Gasteiger partial charge in [0.25, 0.3) is 0 Å². The molecule has 1 fully saturated rings. The second kappa shape index (κ2) is 8.56. The molecule has 2 amide bonds. The highest BCUT2D eigenvalue weighted by atomic mass is 32.2. The Morgan fingerprint density at radius 1 is 1.21 bits per heavy atom. The molecule has 1 aliphatic rings. The Bertz CT molecular complexity index is 571. The second-order valence-electron chi connectivity index (χ2n) is 6.83. The number of thioether (sulfide) groups is 1. The number of carbonyl (C=O) groups excluding carboxylic acids is 2. The van der Waals surface area contributed by atoms with Gasteiger partial charge in [-0.05, 0) is 29.4 Å². The summed E-state index contributed by atoms with van der Waals surface area (Å²) in [6, 6.07) is 8.51. The summed E-state index contributed by atoms with van der Waals surface area (Å²) in [4.78, 5) is 25.6. The third-order valence-electron chi connectivity index (χ3n) is 4.62. The first-order chi connectivity index (χ1) is 11.4. The zero-order valence-corrected chi connectivity index (χ0v) is 15.9. The molecule has 1 heterocycles. The van der Waals surface area contributed by atoms with Gasteiger partial charge in [-0.2, -0.15) is 0 Å². The van der Waals surface area contributed by atoms with Gasteiger partial charge in [0, 0.05) is 0 Å². The Balaban J connectivity index is 2.03. The van der Waals surface area contributed by atoms with Crippen molar-refractivity contribution in [1.29, 1.82) is 0 Å². The highest BCUT2D eigenvalue weighted by Crippen LogP contribution is 2.25. The summed E-state index contributed by atoms with van der Waals surface area (Å²) in [5, 5.41) is 3.10. The molecule has 0 radical (unpaired) electrons. The molecule has 1 aliphatic heterocycles. The molecular weight excluding hydrogens is 320 g/mol. The van der Waals surface area contributed by atoms with Crippen molar-refractivity contribution in [2.45, 2.75) is 46.1 Å². The van der Waals surface area contributed by atoms with Gasteiger partial charge in [-0.3, -0.25) is 9.59 Å². The smallest absolute Gasteiger partial charge is 0.240 e. The molecule has 2 atom stereocenters. The molecule has 1 saturated heterocycles. The van der Waals surface area contributed by atoms with Gasteiger partial charge in [-0.1, -0.05) is 52.0 Å². The van der Waals surface area contributed by atoms with E-state index in [1.165, 1.54) is 5.56 Å². The van der Waals surface area contributed by atoms with Crippen LogP contribution in [0.1, 0.15) is 57.2 Å². The molecule has 2 rings (SSSR count). The molecule has 0 bridgehead atoms. The molecule has 1 aromatic carbocycles. The Morgan fingerprint density at radius 3 is 2.33 bits per heavy atom. The lowest BCUT2D eigenvalue weighted by Gasteiger charge is -2.25. The standard InChI is InChI=1S/C19H28N2O2S/c1-5-14(4)15-6-8-16(9-7-15)19(13(2)3)20-17(22)10-21-12-24-11-18(21)23/h6-9,13-14,19H,5,10-12H2,1-4H3,(H,20,22). The van der Waals surface area contributed by atoms with Crippen molar-refractivity contribution in [3.05, 3.63) is 35.4 Å². The molecular formula is C19H28N2O2S. The third-order valence-corrected chi connectivity index (χ3v) is 5.57. The van der Waals surface area contributed by atoms with Crippen molar-refractivity contribution in [2.24, 2.45) is 5.92 Å². The van der Waals surface area contributed by atoms with Crippen molar-refractivity contribution < 1.29 is 9.59 Å². The van der Waals surface area contributed by atoms with Gasteiger partial charge >= 0.3 is 0 Å². The topological polar surface area (TPSA) is 49.4 Å². The second-order valence-corrected chi connectivity index (χ2v) is 7.79. The number of hydrogen-bond donors (Lipinski definition) is 1. The van der Waals surface area contributed by atoms with Crippen LogP contribution in [0.4, 0.5) is 0 Å². The van der Waals surface area contributed by atoms with Crippen LogP contribution in [0.25, 0.3) is 0 Å². The molecule has 0 aliphatic carbocycles. The van der Waals surface area contributed by atoms with Crippen LogP contribution in [0, 0.1) is 5.92 Å². The third kappa shape index (κ3) is 4.76. The summed E-state index contributed by atoms with van der Waals surface area (Å²) in [7, 11) is 0. The number of rotatable bonds is 7. The molecule has 0 saturated carbocycles. The largest absolute Gasteiger partial charge is 0.347 e. The van der Waals surface area contributed by atoms with E-state index in [4.69, 9.17) is 0 Å². The molecule has 132 valence electrons. The maximum Gasteiger partial charge on any atom is 0.240 e. The molecule has 0 aromatic heterocycles. The van der Waals surface area contributed by atoms with E-state index in [-0.39, 0.29) is 30.3 Å². The van der Waals surface area contributed by atoms with E-state index in [9.17, 15) is 9.59 Å². The number of nitrogens with one attached hydrogen (secondary N) is 1. The van der Waals surface area contributed by atoms with E-state index in [1.54, 1.807) is 16.7 Å². The number of carbonyl (C=O) groups is 2. The van der Waals surface area contributed by atoms with Crippen LogP contribution in [-0.4, -0.2) is 34.9 Å². The van der Waals surface area contributed by atoms with Gasteiger partial charge in [0.2, 0.25) is 11.8 Å². The van der Waals surface area contributed by atoms with Gasteiger partial charge < -0.3 is 10.2 Å². The summed E-state index contributed by atoms with van der Waals surface area (Å²) in [6.45, 7) is 8.77. The summed E-state index contributed by atoms with van der Waals surface area (Å²) < 4.78 is 0. The van der Waals surface area contributed by atoms with E-state index >= 15 is 0 Å². The maximum atomic E-state index is 12.3. The molecule has 5 heteroatoms. The van der Waals surface area contributed by atoms with Crippen molar-refractivity contribution >= 4 is 23.6 Å². The maximum absolute atomic E-state index is 12.3. The lowest BCUT2D eigenvalue weighted by Crippen LogP contribution is -2.40. The molecule has 4 nitrogen and oxygen atoms in total. The zero-order chi connectivity index (χ0) is 17.7. The molecule has 24 heavy (non-hydrogen) atoms. The fourth-order valence-corrected chi connectivity index (χ4v) is 3.74. The van der Waals surface area contributed by atoms with E-state index in [0.717, 1.165) is 12.0 Å². The molecule has 0 spiro atoms. The predicted octanol–water partition coefficient (Wildman–Crippen LogP) is 3.55. The van der Waals surface area contributed by atoms with Gasteiger partial charge in [-0.15, -0.1) is 11.8 Å². The lowest BCUT2D eigenvalue weighted by molar-refractivity contribution is -0.132. The SMILES string of the molecule is CCC(C)c1ccc(C(NC(=O)CN2CSCC2=O)C(C)C)cc1. The summed E-state index contributed by atoms with van der Waals surface area (Å²) >= 11 is 1.56. The average molecular weight is 349 g/mol. The monoisotopic (exact) mass is 348 g/mol. The number of amides is 2. The summed E-state index contributed by atoms with van der Waals surface area (Å²) in [5.41, 5.74) is 2.45. The fraction of sp³-hybridized carbons (Fsp3) is 0.579. The first-order valence-electron chi connectivity index (χ1n) is 8.67. The molecule has 1 aromatic rings. The zero-order valence-electron chi connectivity index (χ0n) is 15.0. The number of benzene rings is 1. The predicted molar refractivity (Wildman–Crippen MR) is 99.9 cm³/mol. The average Bonchev–Trinajstić information content (AvgIpc) is 2.96. The normalized spacial score (nSPS) is 17.2. The van der Waals surface area contributed by atoms with E-state index in [0.29, 0.717) is 17.5 Å². The summed E-state index contributed by atoms with van der Waals surface area (Å²) in [5.74, 6) is 1.89. The summed E-state index contributed by atoms with van der Waals surface area (Å²) in [6.07, 6.45) is 1.12. The van der Waals surface area contributed by atoms with Crippen molar-refractivity contribution in [3.8, 4) is 0 Å². The van der Waals surface area contributed by atoms with Crippen LogP contribution in [-0.2, 0) is 9.59 Å². The van der Waals surface area contributed by atoms with Crippen LogP contribution < -0.4 is 5.32 Å². The first kappa shape index (κ1) is 18.8. The van der Waals surface area contributed by atoms with Crippen molar-refractivity contribution in [3.63, 3.8) is 0 Å². The van der Waals surface area contributed by atoms with Crippen LogP contribution in [0.15, 0.2) is 24.3 Å². The van der Waals surface area contributed by atoms with Crippen LogP contribution in [0.5, 0.6) is 0 Å². The Hall–Kier alpha value is -1.49. The van der Waals surface area contributed by atoms with E-state index in [1.807, 2.05) is 0 Å². The van der Waals surface area contributed by atoms with Crippen LogP contribution in [0.2, 0.25) is 0 Å². The number of hydrogen-bond acceptors (Lipinski definition) is 3. The van der Waals surface area contributed by atoms with E-state index < -0.39 is 0 Å². The minimum Gasteiger partial charge on any atom is -0.347 e. The van der Waals surface area contributed by atoms with Gasteiger partial charge in [0.05, 0.1) is 17.7 Å². The Labute approximate surface area is 149 Å². The highest BCUT2D eigenvalue weighted by molar-refractivity contribution is 8.00. The highest BCUT2D eigenvalue weighted by Gasteiger charge is 2.25.